The standard InChI is InChI=1S/C29H35Cl3N4O8/c1-5-41-23(38)28(33,24(39)42-16-27(2,3)4)15-18-8-9-22-20(13-18)21(37)14-19(44-22)7-6-12-36(25-34-10-11-35-25)26(40)43-17-29(30,31)32/h8-11,13-14H,5-7,12,15-17,33H2,1-4H3,(H,34,35)/t28-/m0/s1. The molecule has 0 saturated carbocycles. The number of fused-ring (bicyclic) bond motifs is 1. The Hall–Kier alpha value is -3.32. The monoisotopic (exact) mass is 672 g/mol. The van der Waals surface area contributed by atoms with Crippen molar-refractivity contribution in [3.05, 3.63) is 58.2 Å². The number of aromatic nitrogens is 2. The molecule has 3 rings (SSSR count). The van der Waals surface area contributed by atoms with E-state index < -0.39 is 34.0 Å². The van der Waals surface area contributed by atoms with Gasteiger partial charge in [-0.05, 0) is 36.5 Å². The van der Waals surface area contributed by atoms with Crippen molar-refractivity contribution in [2.24, 2.45) is 11.1 Å². The lowest BCUT2D eigenvalue weighted by Gasteiger charge is -2.27. The molecule has 0 fully saturated rings. The molecule has 2 heterocycles. The number of amides is 1. The molecule has 0 aliphatic carbocycles. The minimum Gasteiger partial charge on any atom is -0.464 e. The van der Waals surface area contributed by atoms with Crippen molar-refractivity contribution in [1.29, 1.82) is 0 Å². The van der Waals surface area contributed by atoms with Gasteiger partial charge in [0.05, 0.1) is 18.6 Å². The number of anilines is 1. The van der Waals surface area contributed by atoms with Gasteiger partial charge >= 0.3 is 18.0 Å². The molecule has 15 heteroatoms. The molecule has 44 heavy (non-hydrogen) atoms. The first-order valence-corrected chi connectivity index (χ1v) is 14.9. The Bertz CT molecular complexity index is 1520. The Labute approximate surface area is 269 Å². The summed E-state index contributed by atoms with van der Waals surface area (Å²) < 4.78 is 19.7. The smallest absolute Gasteiger partial charge is 0.416 e. The van der Waals surface area contributed by atoms with Crippen LogP contribution in [0.25, 0.3) is 11.0 Å². The summed E-state index contributed by atoms with van der Waals surface area (Å²) in [7, 11) is 0. The molecule has 3 aromatic rings. The predicted octanol–water partition coefficient (Wildman–Crippen LogP) is 4.85. The number of aromatic amines is 1. The van der Waals surface area contributed by atoms with Crippen molar-refractivity contribution in [3.8, 4) is 0 Å². The minimum absolute atomic E-state index is 0.0177. The number of rotatable bonds is 12. The van der Waals surface area contributed by atoms with Gasteiger partial charge in [-0.2, -0.15) is 0 Å². The van der Waals surface area contributed by atoms with Crippen molar-refractivity contribution in [3.63, 3.8) is 0 Å². The molecule has 0 bridgehead atoms. The van der Waals surface area contributed by atoms with Gasteiger partial charge in [0.2, 0.25) is 15.3 Å². The maximum atomic E-state index is 13.1. The van der Waals surface area contributed by atoms with E-state index in [1.54, 1.807) is 19.1 Å². The Balaban J connectivity index is 1.76. The van der Waals surface area contributed by atoms with Crippen LogP contribution in [0.1, 0.15) is 45.4 Å². The van der Waals surface area contributed by atoms with E-state index in [1.807, 2.05) is 20.8 Å². The number of hydrogen-bond donors (Lipinski definition) is 2. The van der Waals surface area contributed by atoms with Crippen LogP contribution in [-0.4, -0.2) is 63.7 Å². The highest BCUT2D eigenvalue weighted by molar-refractivity contribution is 6.67. The normalized spacial score (nSPS) is 13.3. The highest BCUT2D eigenvalue weighted by Gasteiger charge is 2.46. The Kier molecular flexibility index (Phi) is 11.7. The maximum Gasteiger partial charge on any atom is 0.416 e. The van der Waals surface area contributed by atoms with Gasteiger partial charge in [0.15, 0.2) is 5.43 Å². The van der Waals surface area contributed by atoms with Gasteiger partial charge in [-0.3, -0.25) is 4.79 Å². The topological polar surface area (TPSA) is 167 Å². The zero-order valence-electron chi connectivity index (χ0n) is 24.8. The number of hydrogen-bond acceptors (Lipinski definition) is 10. The van der Waals surface area contributed by atoms with E-state index in [0.717, 1.165) is 0 Å². The number of nitrogens with one attached hydrogen (secondary N) is 1. The van der Waals surface area contributed by atoms with Gasteiger partial charge in [0.25, 0.3) is 0 Å². The van der Waals surface area contributed by atoms with Crippen molar-refractivity contribution >= 4 is 69.8 Å². The summed E-state index contributed by atoms with van der Waals surface area (Å²) in [4.78, 5) is 59.6. The lowest BCUT2D eigenvalue weighted by molar-refractivity contribution is -0.165. The SMILES string of the molecule is CCOC(=O)[C@@](N)(Cc1ccc2oc(CCCN(C(=O)OCC(Cl)(Cl)Cl)c3ncc[nH]3)cc(=O)c2c1)C(=O)OCC(C)(C)C. The second-order valence-electron chi connectivity index (χ2n) is 11.3. The first-order valence-electron chi connectivity index (χ1n) is 13.7. The van der Waals surface area contributed by atoms with Crippen LogP contribution in [0.15, 0.2) is 45.9 Å². The maximum absolute atomic E-state index is 13.1. The van der Waals surface area contributed by atoms with Crippen LogP contribution in [0.5, 0.6) is 0 Å². The fourth-order valence-corrected chi connectivity index (χ4v) is 4.19. The van der Waals surface area contributed by atoms with Gasteiger partial charge in [-0.15, -0.1) is 0 Å². The van der Waals surface area contributed by atoms with Crippen LogP contribution < -0.4 is 16.1 Å². The fraction of sp³-hybridized carbons (Fsp3) is 0.483. The van der Waals surface area contributed by atoms with E-state index in [1.165, 1.54) is 29.4 Å². The molecule has 0 aliphatic heterocycles. The number of nitrogens with zero attached hydrogens (tertiary/aromatic N) is 2. The molecule has 0 spiro atoms. The Morgan fingerprint density at radius 2 is 1.75 bits per heavy atom. The third kappa shape index (κ3) is 9.85. The molecule has 2 aromatic heterocycles. The molecule has 1 atom stereocenters. The van der Waals surface area contributed by atoms with Crippen molar-refractivity contribution < 1.29 is 33.0 Å². The Morgan fingerprint density at radius 3 is 2.36 bits per heavy atom. The van der Waals surface area contributed by atoms with Gasteiger partial charge in [-0.1, -0.05) is 61.6 Å². The summed E-state index contributed by atoms with van der Waals surface area (Å²) in [5.74, 6) is -1.25. The van der Waals surface area contributed by atoms with E-state index in [4.69, 9.17) is 59.2 Å². The summed E-state index contributed by atoms with van der Waals surface area (Å²) >= 11 is 17.1. The summed E-state index contributed by atoms with van der Waals surface area (Å²) in [6.45, 7) is 6.97. The first-order chi connectivity index (χ1) is 20.5. The highest BCUT2D eigenvalue weighted by Crippen LogP contribution is 2.27. The summed E-state index contributed by atoms with van der Waals surface area (Å²) in [5.41, 5.74) is 4.21. The van der Waals surface area contributed by atoms with Crippen LogP contribution >= 0.6 is 34.8 Å². The number of benzene rings is 1. The molecule has 0 saturated heterocycles. The predicted molar refractivity (Wildman–Crippen MR) is 166 cm³/mol. The van der Waals surface area contributed by atoms with Gasteiger partial charge < -0.3 is 29.3 Å². The fourth-order valence-electron chi connectivity index (χ4n) is 4.03. The van der Waals surface area contributed by atoms with E-state index in [9.17, 15) is 19.2 Å². The third-order valence-corrected chi connectivity index (χ3v) is 6.42. The lowest BCUT2D eigenvalue weighted by Crippen LogP contribution is -2.58. The molecule has 1 aromatic carbocycles. The molecule has 12 nitrogen and oxygen atoms in total. The van der Waals surface area contributed by atoms with Crippen LogP contribution in [-0.2, 0) is 36.6 Å². The van der Waals surface area contributed by atoms with Crippen molar-refractivity contribution in [2.75, 3.05) is 31.3 Å². The van der Waals surface area contributed by atoms with E-state index in [-0.39, 0.29) is 60.4 Å². The van der Waals surface area contributed by atoms with E-state index in [0.29, 0.717) is 17.7 Å². The zero-order valence-corrected chi connectivity index (χ0v) is 27.1. The van der Waals surface area contributed by atoms with Gasteiger partial charge in [-0.25, -0.2) is 24.3 Å². The summed E-state index contributed by atoms with van der Waals surface area (Å²) in [6.07, 6.45) is 2.62. The Morgan fingerprint density at radius 1 is 1.05 bits per heavy atom. The van der Waals surface area contributed by atoms with Crippen LogP contribution in [0, 0.1) is 5.41 Å². The molecule has 3 N–H and O–H groups in total. The average Bonchev–Trinajstić information content (AvgIpc) is 3.47. The molecule has 0 unspecified atom stereocenters. The number of alkyl halides is 3. The van der Waals surface area contributed by atoms with Crippen LogP contribution in [0.2, 0.25) is 0 Å². The zero-order chi connectivity index (χ0) is 32.7. The molecule has 0 radical (unpaired) electrons. The van der Waals surface area contributed by atoms with Crippen LogP contribution in [0.3, 0.4) is 0 Å². The molecule has 1 amide bonds. The second-order valence-corrected chi connectivity index (χ2v) is 13.8. The number of carbonyl (C=O) groups is 3. The van der Waals surface area contributed by atoms with E-state index in [2.05, 4.69) is 9.97 Å². The number of carbonyl (C=O) groups excluding carboxylic acids is 3. The number of ether oxygens (including phenoxy) is 3. The van der Waals surface area contributed by atoms with Gasteiger partial charge in [0, 0.05) is 37.8 Å². The number of aryl methyl sites for hydroxylation is 1. The number of H-pyrrole nitrogens is 1. The molecular formula is C29H35Cl3N4O8. The molecular weight excluding hydrogens is 639 g/mol. The molecule has 240 valence electrons. The van der Waals surface area contributed by atoms with Crippen molar-refractivity contribution in [2.45, 2.75) is 56.3 Å². The number of halogens is 3. The van der Waals surface area contributed by atoms with E-state index >= 15 is 0 Å². The number of imidazole rings is 1. The highest BCUT2D eigenvalue weighted by atomic mass is 35.6. The number of nitrogens with two attached hydrogens (primary N) is 1. The third-order valence-electron chi connectivity index (χ3n) is 6.09. The second kappa shape index (κ2) is 14.6. The largest absolute Gasteiger partial charge is 0.464 e. The quantitative estimate of drug-likeness (QED) is 0.117. The average molecular weight is 674 g/mol. The number of esters is 2. The van der Waals surface area contributed by atoms with Crippen molar-refractivity contribution in [1.82, 2.24) is 9.97 Å². The summed E-state index contributed by atoms with van der Waals surface area (Å²) in [5, 5.41) is 0.230. The van der Waals surface area contributed by atoms with Crippen LogP contribution in [0.4, 0.5) is 10.7 Å². The lowest BCUT2D eigenvalue weighted by atomic mass is 9.91. The molecule has 0 aliphatic rings. The van der Waals surface area contributed by atoms with Gasteiger partial charge in [0.1, 0.15) is 18.0 Å². The first kappa shape index (κ1) is 35.2. The minimum atomic E-state index is -2.12. The summed E-state index contributed by atoms with van der Waals surface area (Å²) in [6, 6.07) is 6.02.